The Balaban J connectivity index is 1.24. The van der Waals surface area contributed by atoms with Crippen molar-refractivity contribution in [3.63, 3.8) is 0 Å². The summed E-state index contributed by atoms with van der Waals surface area (Å²) in [5.41, 5.74) is 1.05. The highest BCUT2D eigenvalue weighted by Gasteiger charge is 2.20. The summed E-state index contributed by atoms with van der Waals surface area (Å²) < 4.78 is 24.3. The van der Waals surface area contributed by atoms with Gasteiger partial charge in [-0.2, -0.15) is 0 Å². The van der Waals surface area contributed by atoms with Crippen LogP contribution in [0.25, 0.3) is 0 Å². The van der Waals surface area contributed by atoms with Crippen molar-refractivity contribution in [1.29, 1.82) is 0 Å². The van der Waals surface area contributed by atoms with Crippen LogP contribution in [0.15, 0.2) is 40.8 Å². The van der Waals surface area contributed by atoms with Crippen molar-refractivity contribution >= 4 is 11.6 Å². The minimum absolute atomic E-state index is 0.121. The number of nitrogens with zero attached hydrogens (tertiary/aromatic N) is 2. The summed E-state index contributed by atoms with van der Waals surface area (Å²) in [7, 11) is 0. The molecule has 1 N–H and O–H groups in total. The molecule has 0 saturated carbocycles. The van der Waals surface area contributed by atoms with Crippen molar-refractivity contribution in [2.24, 2.45) is 0 Å². The van der Waals surface area contributed by atoms with Gasteiger partial charge in [-0.15, -0.1) is 0 Å². The van der Waals surface area contributed by atoms with Crippen LogP contribution in [0, 0.1) is 5.82 Å². The normalized spacial score (nSPS) is 20.5. The lowest BCUT2D eigenvalue weighted by molar-refractivity contribution is 0.0832. The molecular weight excluding hydrogens is 361 g/mol. The summed E-state index contributed by atoms with van der Waals surface area (Å²) in [5.74, 6) is 0.731. The zero-order valence-corrected chi connectivity index (χ0v) is 15.9. The Morgan fingerprint density at radius 3 is 2.61 bits per heavy atom. The SMILES string of the molecule is O=C(NCC1CCCO1)c1ccc(CN2CCN(c3ccc(F)cc3)CC2)o1. The number of amides is 1. The monoisotopic (exact) mass is 387 g/mol. The Labute approximate surface area is 164 Å². The van der Waals surface area contributed by atoms with E-state index in [2.05, 4.69) is 15.1 Å². The molecule has 3 heterocycles. The van der Waals surface area contributed by atoms with E-state index < -0.39 is 0 Å². The van der Waals surface area contributed by atoms with Crippen LogP contribution >= 0.6 is 0 Å². The predicted molar refractivity (Wildman–Crippen MR) is 104 cm³/mol. The number of halogens is 1. The first-order valence-electron chi connectivity index (χ1n) is 9.89. The van der Waals surface area contributed by atoms with Gasteiger partial charge in [0.2, 0.25) is 0 Å². The fourth-order valence-corrected chi connectivity index (χ4v) is 3.72. The molecule has 4 rings (SSSR count). The van der Waals surface area contributed by atoms with Gasteiger partial charge in [0, 0.05) is 45.0 Å². The number of hydrogen-bond donors (Lipinski definition) is 1. The Kier molecular flexibility index (Phi) is 5.92. The maximum atomic E-state index is 13.1. The number of furan rings is 1. The van der Waals surface area contributed by atoms with Crippen molar-refractivity contribution < 1.29 is 18.3 Å². The number of ether oxygens (including phenoxy) is 1. The van der Waals surface area contributed by atoms with Gasteiger partial charge < -0.3 is 19.4 Å². The maximum absolute atomic E-state index is 13.1. The van der Waals surface area contributed by atoms with Gasteiger partial charge >= 0.3 is 0 Å². The molecule has 0 bridgehead atoms. The molecule has 2 aromatic rings. The third-order valence-electron chi connectivity index (χ3n) is 5.34. The van der Waals surface area contributed by atoms with Crippen molar-refractivity contribution in [3.05, 3.63) is 53.7 Å². The van der Waals surface area contributed by atoms with Crippen molar-refractivity contribution in [1.82, 2.24) is 10.2 Å². The van der Waals surface area contributed by atoms with Crippen LogP contribution in [0.5, 0.6) is 0 Å². The molecule has 1 aromatic heterocycles. The largest absolute Gasteiger partial charge is 0.455 e. The molecule has 0 spiro atoms. The van der Waals surface area contributed by atoms with Gasteiger partial charge in [0.1, 0.15) is 11.6 Å². The second kappa shape index (κ2) is 8.75. The summed E-state index contributed by atoms with van der Waals surface area (Å²) in [6.07, 6.45) is 2.17. The van der Waals surface area contributed by atoms with Crippen LogP contribution in [0.1, 0.15) is 29.2 Å². The lowest BCUT2D eigenvalue weighted by atomic mass is 10.2. The summed E-state index contributed by atoms with van der Waals surface area (Å²) in [4.78, 5) is 16.8. The third-order valence-corrected chi connectivity index (χ3v) is 5.34. The number of carbonyl (C=O) groups excluding carboxylic acids is 1. The first kappa shape index (κ1) is 19.0. The topological polar surface area (TPSA) is 58.0 Å². The van der Waals surface area contributed by atoms with E-state index in [1.807, 2.05) is 18.2 Å². The second-order valence-electron chi connectivity index (χ2n) is 7.35. The van der Waals surface area contributed by atoms with Gasteiger partial charge in [0.25, 0.3) is 5.91 Å². The first-order valence-corrected chi connectivity index (χ1v) is 9.89. The highest BCUT2D eigenvalue weighted by atomic mass is 19.1. The van der Waals surface area contributed by atoms with E-state index in [9.17, 15) is 9.18 Å². The standard InChI is InChI=1S/C21H26FN3O3/c22-16-3-5-17(6-4-16)25-11-9-24(10-12-25)15-19-7-8-20(28-19)21(26)23-14-18-2-1-13-27-18/h3-8,18H,1-2,9-15H2,(H,23,26). The number of rotatable bonds is 6. The van der Waals surface area contributed by atoms with E-state index in [1.165, 1.54) is 12.1 Å². The first-order chi connectivity index (χ1) is 13.7. The van der Waals surface area contributed by atoms with E-state index in [-0.39, 0.29) is 17.8 Å². The number of nitrogens with one attached hydrogen (secondary N) is 1. The van der Waals surface area contributed by atoms with E-state index in [1.54, 1.807) is 6.07 Å². The van der Waals surface area contributed by atoms with Crippen LogP contribution in [-0.4, -0.2) is 56.2 Å². The summed E-state index contributed by atoms with van der Waals surface area (Å²) >= 11 is 0. The molecule has 28 heavy (non-hydrogen) atoms. The van der Waals surface area contributed by atoms with Crippen LogP contribution in [0.3, 0.4) is 0 Å². The Morgan fingerprint density at radius 2 is 1.89 bits per heavy atom. The number of hydrogen-bond acceptors (Lipinski definition) is 5. The number of benzene rings is 1. The molecule has 1 aromatic carbocycles. The van der Waals surface area contributed by atoms with Crippen molar-refractivity contribution in [2.45, 2.75) is 25.5 Å². The zero-order valence-electron chi connectivity index (χ0n) is 15.9. The van der Waals surface area contributed by atoms with Gasteiger partial charge in [-0.05, 0) is 49.2 Å². The molecule has 2 saturated heterocycles. The molecule has 2 fully saturated rings. The fourth-order valence-electron chi connectivity index (χ4n) is 3.72. The highest BCUT2D eigenvalue weighted by molar-refractivity contribution is 5.91. The minimum atomic E-state index is -0.212. The average Bonchev–Trinajstić information content (AvgIpc) is 3.40. The predicted octanol–water partition coefficient (Wildman–Crippen LogP) is 2.65. The van der Waals surface area contributed by atoms with Crippen LogP contribution in [0.4, 0.5) is 10.1 Å². The molecular formula is C21H26FN3O3. The molecule has 0 radical (unpaired) electrons. The minimum Gasteiger partial charge on any atom is -0.455 e. The van der Waals surface area contributed by atoms with Gasteiger partial charge in [-0.25, -0.2) is 4.39 Å². The summed E-state index contributed by atoms with van der Waals surface area (Å²) in [6.45, 7) is 5.51. The molecule has 2 aliphatic rings. The Morgan fingerprint density at radius 1 is 1.11 bits per heavy atom. The molecule has 1 amide bonds. The molecule has 2 aliphatic heterocycles. The average molecular weight is 387 g/mol. The van der Waals surface area contributed by atoms with Gasteiger partial charge in [0.05, 0.1) is 12.6 Å². The van der Waals surface area contributed by atoms with Gasteiger partial charge in [-0.3, -0.25) is 9.69 Å². The molecule has 1 atom stereocenters. The van der Waals surface area contributed by atoms with E-state index >= 15 is 0 Å². The van der Waals surface area contributed by atoms with Crippen LogP contribution in [0.2, 0.25) is 0 Å². The molecule has 6 nitrogen and oxygen atoms in total. The number of piperazine rings is 1. The Hall–Kier alpha value is -2.38. The van der Waals surface area contributed by atoms with E-state index in [0.29, 0.717) is 18.8 Å². The second-order valence-corrected chi connectivity index (χ2v) is 7.35. The van der Waals surface area contributed by atoms with E-state index in [0.717, 1.165) is 57.1 Å². The molecule has 7 heteroatoms. The molecule has 150 valence electrons. The van der Waals surface area contributed by atoms with Crippen LogP contribution < -0.4 is 10.2 Å². The lowest BCUT2D eigenvalue weighted by Crippen LogP contribution is -2.45. The van der Waals surface area contributed by atoms with Crippen LogP contribution in [-0.2, 0) is 11.3 Å². The number of carbonyl (C=O) groups is 1. The van der Waals surface area contributed by atoms with Gasteiger partial charge in [0.15, 0.2) is 5.76 Å². The summed E-state index contributed by atoms with van der Waals surface area (Å²) in [6, 6.07) is 10.2. The third kappa shape index (κ3) is 4.72. The van der Waals surface area contributed by atoms with Gasteiger partial charge in [-0.1, -0.05) is 0 Å². The highest BCUT2D eigenvalue weighted by Crippen LogP contribution is 2.19. The Bertz CT molecular complexity index is 778. The quantitative estimate of drug-likeness (QED) is 0.826. The maximum Gasteiger partial charge on any atom is 0.287 e. The molecule has 0 aliphatic carbocycles. The smallest absolute Gasteiger partial charge is 0.287 e. The number of anilines is 1. The van der Waals surface area contributed by atoms with E-state index in [4.69, 9.17) is 9.15 Å². The summed E-state index contributed by atoms with van der Waals surface area (Å²) in [5, 5.41) is 2.88. The van der Waals surface area contributed by atoms with Crippen molar-refractivity contribution in [2.75, 3.05) is 44.2 Å². The van der Waals surface area contributed by atoms with Crippen molar-refractivity contribution in [3.8, 4) is 0 Å². The zero-order chi connectivity index (χ0) is 19.3. The lowest BCUT2D eigenvalue weighted by Gasteiger charge is -2.35. The molecule has 1 unspecified atom stereocenters. The fraction of sp³-hybridized carbons (Fsp3) is 0.476.